The predicted octanol–water partition coefficient (Wildman–Crippen LogP) is 1.77. The number of hydrogen-bond donors (Lipinski definition) is 2. The first-order chi connectivity index (χ1) is 8.61. The predicted molar refractivity (Wildman–Crippen MR) is 73.2 cm³/mol. The van der Waals surface area contributed by atoms with Crippen LogP contribution in [0.15, 0.2) is 24.3 Å². The Kier molecular flexibility index (Phi) is 6.00. The van der Waals surface area contributed by atoms with Gasteiger partial charge in [-0.05, 0) is 45.3 Å². The van der Waals surface area contributed by atoms with Crippen LogP contribution in [-0.2, 0) is 0 Å². The summed E-state index contributed by atoms with van der Waals surface area (Å²) >= 11 is 0. The van der Waals surface area contributed by atoms with Gasteiger partial charge in [0.05, 0.1) is 6.61 Å². The zero-order chi connectivity index (χ0) is 13.4. The maximum atomic E-state index is 11.5. The summed E-state index contributed by atoms with van der Waals surface area (Å²) in [5.74, 6) is 0.802. The molecule has 100 valence electrons. The van der Waals surface area contributed by atoms with Crippen molar-refractivity contribution in [3.8, 4) is 5.75 Å². The monoisotopic (exact) mass is 251 g/mol. The third-order valence-electron chi connectivity index (χ3n) is 2.27. The third-order valence-corrected chi connectivity index (χ3v) is 2.27. The molecule has 1 aromatic rings. The van der Waals surface area contributed by atoms with Crippen molar-refractivity contribution in [1.29, 1.82) is 0 Å². The molecule has 0 saturated carbocycles. The fourth-order valence-electron chi connectivity index (χ4n) is 1.37. The van der Waals surface area contributed by atoms with E-state index in [0.29, 0.717) is 13.2 Å². The van der Waals surface area contributed by atoms with E-state index in [1.165, 1.54) is 0 Å². The van der Waals surface area contributed by atoms with Gasteiger partial charge < -0.3 is 20.3 Å². The summed E-state index contributed by atoms with van der Waals surface area (Å²) in [6, 6.07) is 7.10. The Morgan fingerprint density at radius 2 is 1.94 bits per heavy atom. The van der Waals surface area contributed by atoms with Gasteiger partial charge in [0.1, 0.15) is 5.75 Å². The second-order valence-corrected chi connectivity index (χ2v) is 4.14. The number of nitrogens with zero attached hydrogens (tertiary/aromatic N) is 1. The molecule has 0 fully saturated rings. The van der Waals surface area contributed by atoms with E-state index in [1.54, 1.807) is 0 Å². The molecule has 0 aliphatic rings. The summed E-state index contributed by atoms with van der Waals surface area (Å²) in [4.78, 5) is 13.5. The van der Waals surface area contributed by atoms with E-state index in [1.807, 2.05) is 50.2 Å². The van der Waals surface area contributed by atoms with Crippen molar-refractivity contribution in [3.05, 3.63) is 24.3 Å². The number of carbonyl (C=O) groups is 1. The summed E-state index contributed by atoms with van der Waals surface area (Å²) in [5, 5.41) is 5.54. The number of urea groups is 1. The van der Waals surface area contributed by atoms with Crippen LogP contribution >= 0.6 is 0 Å². The highest BCUT2D eigenvalue weighted by Gasteiger charge is 2.01. The normalized spacial score (nSPS) is 10.2. The number of rotatable bonds is 6. The summed E-state index contributed by atoms with van der Waals surface area (Å²) in [7, 11) is 3.93. The molecule has 1 aromatic carbocycles. The minimum atomic E-state index is -0.194. The van der Waals surface area contributed by atoms with Crippen LogP contribution in [0.2, 0.25) is 0 Å². The van der Waals surface area contributed by atoms with E-state index in [9.17, 15) is 4.79 Å². The van der Waals surface area contributed by atoms with E-state index in [-0.39, 0.29) is 6.03 Å². The molecule has 0 radical (unpaired) electrons. The van der Waals surface area contributed by atoms with Crippen LogP contribution in [0, 0.1) is 0 Å². The first-order valence-corrected chi connectivity index (χ1v) is 6.04. The summed E-state index contributed by atoms with van der Waals surface area (Å²) < 4.78 is 5.32. The fraction of sp³-hybridized carbons (Fsp3) is 0.462. The molecule has 0 heterocycles. The topological polar surface area (TPSA) is 53.6 Å². The number of benzene rings is 1. The lowest BCUT2D eigenvalue weighted by molar-refractivity contribution is 0.250. The van der Waals surface area contributed by atoms with Crippen molar-refractivity contribution < 1.29 is 9.53 Å². The first kappa shape index (κ1) is 14.3. The molecule has 0 spiro atoms. The Balaban J connectivity index is 2.35. The van der Waals surface area contributed by atoms with Crippen LogP contribution in [0.1, 0.15) is 6.92 Å². The number of amides is 2. The highest BCUT2D eigenvalue weighted by molar-refractivity contribution is 5.89. The van der Waals surface area contributed by atoms with Crippen LogP contribution in [-0.4, -0.2) is 44.7 Å². The number of hydrogen-bond acceptors (Lipinski definition) is 3. The standard InChI is InChI=1S/C13H21N3O2/c1-4-18-12-7-5-11(6-8-12)15-13(17)14-9-10-16(2)3/h5-8H,4,9-10H2,1-3H3,(H2,14,15,17). The van der Waals surface area contributed by atoms with Gasteiger partial charge in [-0.3, -0.25) is 0 Å². The van der Waals surface area contributed by atoms with Gasteiger partial charge in [0, 0.05) is 18.8 Å². The second-order valence-electron chi connectivity index (χ2n) is 4.14. The molecule has 0 saturated heterocycles. The minimum absolute atomic E-state index is 0.194. The number of likely N-dealkylation sites (N-methyl/N-ethyl adjacent to an activating group) is 1. The van der Waals surface area contributed by atoms with Crippen LogP contribution in [0.4, 0.5) is 10.5 Å². The van der Waals surface area contributed by atoms with Crippen molar-refractivity contribution >= 4 is 11.7 Å². The SMILES string of the molecule is CCOc1ccc(NC(=O)NCCN(C)C)cc1. The average Bonchev–Trinajstić information content (AvgIpc) is 2.31. The van der Waals surface area contributed by atoms with Crippen molar-refractivity contribution in [1.82, 2.24) is 10.2 Å². The molecule has 18 heavy (non-hydrogen) atoms. The fourth-order valence-corrected chi connectivity index (χ4v) is 1.37. The Morgan fingerprint density at radius 3 is 2.50 bits per heavy atom. The molecule has 0 atom stereocenters. The van der Waals surface area contributed by atoms with Gasteiger partial charge >= 0.3 is 6.03 Å². The molecule has 0 aliphatic carbocycles. The van der Waals surface area contributed by atoms with Crippen LogP contribution in [0.3, 0.4) is 0 Å². The van der Waals surface area contributed by atoms with Gasteiger partial charge in [0.2, 0.25) is 0 Å². The maximum absolute atomic E-state index is 11.5. The number of nitrogens with one attached hydrogen (secondary N) is 2. The smallest absolute Gasteiger partial charge is 0.319 e. The molecule has 0 unspecified atom stereocenters. The Bertz CT molecular complexity index is 363. The summed E-state index contributed by atoms with van der Waals surface area (Å²) in [6.07, 6.45) is 0. The van der Waals surface area contributed by atoms with Crippen LogP contribution < -0.4 is 15.4 Å². The highest BCUT2D eigenvalue weighted by atomic mass is 16.5. The zero-order valence-corrected chi connectivity index (χ0v) is 11.2. The molecule has 5 heteroatoms. The van der Waals surface area contributed by atoms with Crippen molar-refractivity contribution in [3.63, 3.8) is 0 Å². The van der Waals surface area contributed by atoms with E-state index in [0.717, 1.165) is 18.0 Å². The Hall–Kier alpha value is -1.75. The lowest BCUT2D eigenvalue weighted by Gasteiger charge is -2.11. The Morgan fingerprint density at radius 1 is 1.28 bits per heavy atom. The zero-order valence-electron chi connectivity index (χ0n) is 11.2. The second kappa shape index (κ2) is 7.55. The van der Waals surface area contributed by atoms with Gasteiger partial charge in [-0.25, -0.2) is 4.79 Å². The quantitative estimate of drug-likeness (QED) is 0.810. The number of anilines is 1. The van der Waals surface area contributed by atoms with Crippen molar-refractivity contribution in [2.75, 3.05) is 39.1 Å². The minimum Gasteiger partial charge on any atom is -0.494 e. The number of ether oxygens (including phenoxy) is 1. The highest BCUT2D eigenvalue weighted by Crippen LogP contribution is 2.15. The first-order valence-electron chi connectivity index (χ1n) is 6.04. The van der Waals surface area contributed by atoms with E-state index < -0.39 is 0 Å². The molecular formula is C13H21N3O2. The third kappa shape index (κ3) is 5.54. The number of carbonyl (C=O) groups excluding carboxylic acids is 1. The molecule has 1 rings (SSSR count). The molecule has 0 aliphatic heterocycles. The average molecular weight is 251 g/mol. The molecule has 0 bridgehead atoms. The van der Waals surface area contributed by atoms with Gasteiger partial charge in [0.25, 0.3) is 0 Å². The lowest BCUT2D eigenvalue weighted by atomic mass is 10.3. The van der Waals surface area contributed by atoms with Gasteiger partial charge in [-0.1, -0.05) is 0 Å². The van der Waals surface area contributed by atoms with Gasteiger partial charge in [-0.15, -0.1) is 0 Å². The molecule has 0 aromatic heterocycles. The van der Waals surface area contributed by atoms with Gasteiger partial charge in [0.15, 0.2) is 0 Å². The molecular weight excluding hydrogens is 230 g/mol. The van der Waals surface area contributed by atoms with Crippen molar-refractivity contribution in [2.45, 2.75) is 6.92 Å². The molecule has 5 nitrogen and oxygen atoms in total. The summed E-state index contributed by atoms with van der Waals surface area (Å²) in [5.41, 5.74) is 0.751. The van der Waals surface area contributed by atoms with Crippen LogP contribution in [0.25, 0.3) is 0 Å². The van der Waals surface area contributed by atoms with E-state index >= 15 is 0 Å². The molecule has 2 amide bonds. The van der Waals surface area contributed by atoms with Crippen molar-refractivity contribution in [2.24, 2.45) is 0 Å². The van der Waals surface area contributed by atoms with Crippen LogP contribution in [0.5, 0.6) is 5.75 Å². The Labute approximate surface area is 108 Å². The van der Waals surface area contributed by atoms with E-state index in [2.05, 4.69) is 10.6 Å². The summed E-state index contributed by atoms with van der Waals surface area (Å²) in [6.45, 7) is 4.01. The van der Waals surface area contributed by atoms with E-state index in [4.69, 9.17) is 4.74 Å². The van der Waals surface area contributed by atoms with Gasteiger partial charge in [-0.2, -0.15) is 0 Å². The lowest BCUT2D eigenvalue weighted by Crippen LogP contribution is -2.34. The largest absolute Gasteiger partial charge is 0.494 e. The maximum Gasteiger partial charge on any atom is 0.319 e. The molecule has 2 N–H and O–H groups in total.